The van der Waals surface area contributed by atoms with Crippen LogP contribution in [0.1, 0.15) is 40.8 Å². The number of phenols is 1. The van der Waals surface area contributed by atoms with E-state index in [4.69, 9.17) is 9.15 Å². The molecule has 2 heterocycles. The number of benzene rings is 1. The highest BCUT2D eigenvalue weighted by Crippen LogP contribution is 2.35. The maximum absolute atomic E-state index is 12.4. The number of hydrogen-bond donors (Lipinski definition) is 3. The predicted octanol–water partition coefficient (Wildman–Crippen LogP) is 2.67. The number of amides is 1. The van der Waals surface area contributed by atoms with Gasteiger partial charge in [0.05, 0.1) is 17.4 Å². The molecule has 2 atom stereocenters. The summed E-state index contributed by atoms with van der Waals surface area (Å²) in [5.74, 6) is 0.638. The molecule has 0 aliphatic carbocycles. The van der Waals surface area contributed by atoms with Crippen LogP contribution in [0.2, 0.25) is 0 Å². The summed E-state index contributed by atoms with van der Waals surface area (Å²) in [6.07, 6.45) is 1.46. The van der Waals surface area contributed by atoms with Crippen LogP contribution in [0.3, 0.4) is 0 Å². The molecular formula is C23H25N3O6. The first-order valence-electron chi connectivity index (χ1n) is 10.4. The second kappa shape index (κ2) is 8.51. The molecular weight excluding hydrogens is 414 g/mol. The van der Waals surface area contributed by atoms with Gasteiger partial charge in [-0.15, -0.1) is 0 Å². The Bertz CT molecular complexity index is 1220. The van der Waals surface area contributed by atoms with Gasteiger partial charge >= 0.3 is 0 Å². The van der Waals surface area contributed by atoms with Gasteiger partial charge in [-0.25, -0.2) is 0 Å². The lowest BCUT2D eigenvalue weighted by Gasteiger charge is -2.25. The normalized spacial score (nSPS) is 16.8. The molecule has 0 saturated carbocycles. The predicted molar refractivity (Wildman–Crippen MR) is 120 cm³/mol. The maximum atomic E-state index is 12.4. The molecule has 9 heteroatoms. The number of aryl methyl sites for hydroxylation is 1. The standard InChI is InChI=1S/C23H25N3O6/c1-12-9-10-16(32-12)17(15-8-5-11-31-15)25-19-18(21(28)22(19)29)24-14-7-4-6-13(20(14)27)23(30)26(2)3/h4,6-7,9-10,15,17,24-25,27H,5,8,11H2,1-3H3/t15?,17-/m0/s1. The molecule has 2 aromatic carbocycles. The number of nitrogens with one attached hydrogen (secondary N) is 2. The van der Waals surface area contributed by atoms with Crippen LogP contribution >= 0.6 is 0 Å². The molecule has 9 nitrogen and oxygen atoms in total. The average Bonchev–Trinajstić information content (AvgIpc) is 3.45. The third kappa shape index (κ3) is 3.87. The van der Waals surface area contributed by atoms with Crippen molar-refractivity contribution in [3.63, 3.8) is 0 Å². The number of anilines is 3. The van der Waals surface area contributed by atoms with Crippen LogP contribution in [0.5, 0.6) is 5.75 Å². The summed E-state index contributed by atoms with van der Waals surface area (Å²) in [6, 6.07) is 7.77. The van der Waals surface area contributed by atoms with E-state index >= 15 is 0 Å². The van der Waals surface area contributed by atoms with Crippen molar-refractivity contribution < 1.29 is 19.1 Å². The third-order valence-corrected chi connectivity index (χ3v) is 5.55. The Kier molecular flexibility index (Phi) is 5.75. The van der Waals surface area contributed by atoms with E-state index in [1.165, 1.54) is 17.0 Å². The lowest BCUT2D eigenvalue weighted by molar-refractivity contribution is 0.0824. The monoisotopic (exact) mass is 439 g/mol. The molecule has 1 aromatic heterocycles. The number of aromatic hydroxyl groups is 1. The van der Waals surface area contributed by atoms with E-state index in [0.717, 1.165) is 18.6 Å². The van der Waals surface area contributed by atoms with Gasteiger partial charge < -0.3 is 29.8 Å². The van der Waals surface area contributed by atoms with Gasteiger partial charge in [0.1, 0.15) is 28.9 Å². The molecule has 32 heavy (non-hydrogen) atoms. The molecule has 1 fully saturated rings. The molecule has 3 N–H and O–H groups in total. The highest BCUT2D eigenvalue weighted by molar-refractivity contribution is 5.99. The number of carbonyl (C=O) groups excluding carboxylic acids is 1. The second-order valence-electron chi connectivity index (χ2n) is 8.06. The fourth-order valence-corrected chi connectivity index (χ4v) is 3.83. The van der Waals surface area contributed by atoms with Gasteiger partial charge in [0.2, 0.25) is 0 Å². The molecule has 168 valence electrons. The smallest absolute Gasteiger partial charge is 0.257 e. The summed E-state index contributed by atoms with van der Waals surface area (Å²) in [6.45, 7) is 2.44. The highest BCUT2D eigenvalue weighted by Gasteiger charge is 2.33. The lowest BCUT2D eigenvalue weighted by Crippen LogP contribution is -2.39. The van der Waals surface area contributed by atoms with Crippen LogP contribution in [0, 0.1) is 6.92 Å². The molecule has 1 saturated heterocycles. The molecule has 1 unspecified atom stereocenters. The van der Waals surface area contributed by atoms with E-state index in [0.29, 0.717) is 12.4 Å². The Balaban J connectivity index is 1.64. The minimum atomic E-state index is -0.710. The zero-order chi connectivity index (χ0) is 23.0. The summed E-state index contributed by atoms with van der Waals surface area (Å²) in [5.41, 5.74) is -1.04. The van der Waals surface area contributed by atoms with Crippen LogP contribution < -0.4 is 21.5 Å². The topological polar surface area (TPSA) is 121 Å². The summed E-state index contributed by atoms with van der Waals surface area (Å²) >= 11 is 0. The van der Waals surface area contributed by atoms with Crippen molar-refractivity contribution >= 4 is 23.0 Å². The van der Waals surface area contributed by atoms with Crippen molar-refractivity contribution in [3.05, 3.63) is 67.9 Å². The van der Waals surface area contributed by atoms with Gasteiger partial charge in [0.25, 0.3) is 16.8 Å². The molecule has 3 aromatic rings. The van der Waals surface area contributed by atoms with Crippen molar-refractivity contribution in [1.82, 2.24) is 4.90 Å². The Morgan fingerprint density at radius 2 is 1.91 bits per heavy atom. The van der Waals surface area contributed by atoms with Crippen molar-refractivity contribution in [2.24, 2.45) is 0 Å². The molecule has 1 amide bonds. The first kappa shape index (κ1) is 21.6. The Morgan fingerprint density at radius 3 is 2.53 bits per heavy atom. The number of phenolic OH excluding ortho intramolecular Hbond substituents is 1. The highest BCUT2D eigenvalue weighted by atomic mass is 16.5. The summed E-state index contributed by atoms with van der Waals surface area (Å²) in [4.78, 5) is 38.4. The van der Waals surface area contributed by atoms with E-state index in [1.54, 1.807) is 20.2 Å². The first-order chi connectivity index (χ1) is 15.3. The number of carbonyl (C=O) groups is 1. The van der Waals surface area contributed by atoms with E-state index in [1.807, 2.05) is 19.1 Å². The molecule has 0 radical (unpaired) electrons. The minimum Gasteiger partial charge on any atom is -0.505 e. The molecule has 1 aliphatic heterocycles. The van der Waals surface area contributed by atoms with Crippen LogP contribution in [0.15, 0.2) is 44.3 Å². The van der Waals surface area contributed by atoms with Crippen molar-refractivity contribution in [2.45, 2.75) is 31.9 Å². The van der Waals surface area contributed by atoms with Crippen LogP contribution in [-0.2, 0) is 4.74 Å². The van der Waals surface area contributed by atoms with Gasteiger partial charge in [-0.3, -0.25) is 14.4 Å². The number of rotatable bonds is 7. The van der Waals surface area contributed by atoms with E-state index in [2.05, 4.69) is 10.6 Å². The van der Waals surface area contributed by atoms with Gasteiger partial charge in [0, 0.05) is 20.7 Å². The number of nitrogens with zero attached hydrogens (tertiary/aromatic N) is 1. The van der Waals surface area contributed by atoms with Gasteiger partial charge in [-0.1, -0.05) is 6.07 Å². The number of ether oxygens (including phenoxy) is 1. The number of hydrogen-bond acceptors (Lipinski definition) is 8. The lowest BCUT2D eigenvalue weighted by atomic mass is 10.0. The average molecular weight is 439 g/mol. The van der Waals surface area contributed by atoms with Crippen LogP contribution in [0.4, 0.5) is 17.1 Å². The quantitative estimate of drug-likeness (QED) is 0.380. The molecule has 1 aliphatic rings. The largest absolute Gasteiger partial charge is 0.505 e. The van der Waals surface area contributed by atoms with E-state index in [9.17, 15) is 19.5 Å². The Morgan fingerprint density at radius 1 is 1.16 bits per heavy atom. The number of para-hydroxylation sites is 1. The molecule has 0 bridgehead atoms. The maximum Gasteiger partial charge on any atom is 0.257 e. The van der Waals surface area contributed by atoms with Crippen LogP contribution in [0.25, 0.3) is 0 Å². The Labute approximate surface area is 184 Å². The summed E-state index contributed by atoms with van der Waals surface area (Å²) in [7, 11) is 3.14. The van der Waals surface area contributed by atoms with Crippen molar-refractivity contribution in [2.75, 3.05) is 31.3 Å². The summed E-state index contributed by atoms with van der Waals surface area (Å²) < 4.78 is 11.6. The van der Waals surface area contributed by atoms with E-state index < -0.39 is 16.9 Å². The first-order valence-corrected chi connectivity index (χ1v) is 10.4. The second-order valence-corrected chi connectivity index (χ2v) is 8.06. The van der Waals surface area contributed by atoms with Crippen molar-refractivity contribution in [1.29, 1.82) is 0 Å². The summed E-state index contributed by atoms with van der Waals surface area (Å²) in [5, 5.41) is 16.5. The SMILES string of the molecule is Cc1ccc([C@@H](Nc2c(Nc3cccc(C(=O)N(C)C)c3O)c(=O)c2=O)C2CCCO2)o1. The number of furan rings is 1. The zero-order valence-corrected chi connectivity index (χ0v) is 18.1. The van der Waals surface area contributed by atoms with Gasteiger partial charge in [-0.2, -0.15) is 0 Å². The van der Waals surface area contributed by atoms with Gasteiger partial charge in [-0.05, 0) is 44.0 Å². The third-order valence-electron chi connectivity index (χ3n) is 5.55. The molecule has 4 rings (SSSR count). The van der Waals surface area contributed by atoms with Crippen LogP contribution in [-0.4, -0.2) is 42.7 Å². The van der Waals surface area contributed by atoms with Crippen molar-refractivity contribution in [3.8, 4) is 5.75 Å². The minimum absolute atomic E-state index is 0.0195. The fourth-order valence-electron chi connectivity index (χ4n) is 3.83. The zero-order valence-electron chi connectivity index (χ0n) is 18.1. The molecule has 0 spiro atoms. The van der Waals surface area contributed by atoms with Gasteiger partial charge in [0.15, 0.2) is 5.75 Å². The Hall–Kier alpha value is -3.59. The van der Waals surface area contributed by atoms with E-state index in [-0.39, 0.29) is 40.4 Å². The fraction of sp³-hybridized carbons (Fsp3) is 0.348.